The molecule has 0 aliphatic carbocycles. The zero-order valence-electron chi connectivity index (χ0n) is 12.4. The lowest BCUT2D eigenvalue weighted by atomic mass is 10.0. The predicted molar refractivity (Wildman–Crippen MR) is 80.6 cm³/mol. The van der Waals surface area contributed by atoms with Crippen LogP contribution in [0.5, 0.6) is 5.75 Å². The maximum absolute atomic E-state index is 10.1. The van der Waals surface area contributed by atoms with E-state index in [-0.39, 0.29) is 6.10 Å². The molecule has 0 radical (unpaired) electrons. The van der Waals surface area contributed by atoms with Crippen molar-refractivity contribution in [2.24, 2.45) is 0 Å². The molecule has 4 nitrogen and oxygen atoms in total. The lowest BCUT2D eigenvalue weighted by Crippen LogP contribution is -2.33. The molecule has 1 aromatic rings. The topological polar surface area (TPSA) is 67.5 Å². The van der Waals surface area contributed by atoms with Gasteiger partial charge >= 0.3 is 0 Å². The maximum atomic E-state index is 10.1. The SMILES string of the molecule is CCCC(C)(O)CNc1ccc(N)c(OC(C)C)c1. The number of hydrogen-bond donors (Lipinski definition) is 3. The highest BCUT2D eigenvalue weighted by Gasteiger charge is 2.18. The summed E-state index contributed by atoms with van der Waals surface area (Å²) in [5.41, 5.74) is 6.69. The number of nitrogens with one attached hydrogen (secondary N) is 1. The van der Waals surface area contributed by atoms with Crippen molar-refractivity contribution in [1.82, 2.24) is 0 Å². The van der Waals surface area contributed by atoms with Crippen LogP contribution in [-0.4, -0.2) is 23.4 Å². The Morgan fingerprint density at radius 2 is 2.11 bits per heavy atom. The summed E-state index contributed by atoms with van der Waals surface area (Å²) in [6.45, 7) is 8.33. The number of nitrogen functional groups attached to an aromatic ring is 1. The normalized spacial score (nSPS) is 14.2. The molecule has 1 atom stereocenters. The van der Waals surface area contributed by atoms with Crippen molar-refractivity contribution < 1.29 is 9.84 Å². The van der Waals surface area contributed by atoms with Crippen molar-refractivity contribution in [2.75, 3.05) is 17.6 Å². The Bertz CT molecular complexity index is 403. The fourth-order valence-electron chi connectivity index (χ4n) is 1.92. The predicted octanol–water partition coefficient (Wildman–Crippen LogP) is 3.02. The van der Waals surface area contributed by atoms with Crippen LogP contribution < -0.4 is 15.8 Å². The average Bonchev–Trinajstić information content (AvgIpc) is 2.29. The Balaban J connectivity index is 2.69. The van der Waals surface area contributed by atoms with Gasteiger partial charge in [0.15, 0.2) is 0 Å². The average molecular weight is 266 g/mol. The first-order valence-corrected chi connectivity index (χ1v) is 6.86. The minimum absolute atomic E-state index is 0.0840. The zero-order valence-corrected chi connectivity index (χ0v) is 12.4. The number of rotatable bonds is 7. The smallest absolute Gasteiger partial charge is 0.144 e. The van der Waals surface area contributed by atoms with Crippen molar-refractivity contribution in [3.63, 3.8) is 0 Å². The van der Waals surface area contributed by atoms with E-state index in [2.05, 4.69) is 12.2 Å². The van der Waals surface area contributed by atoms with Crippen molar-refractivity contribution in [3.8, 4) is 5.75 Å². The summed E-state index contributed by atoms with van der Waals surface area (Å²) in [7, 11) is 0. The van der Waals surface area contributed by atoms with Gasteiger partial charge in [-0.25, -0.2) is 0 Å². The van der Waals surface area contributed by atoms with E-state index in [4.69, 9.17) is 10.5 Å². The molecular weight excluding hydrogens is 240 g/mol. The minimum Gasteiger partial charge on any atom is -0.489 e. The monoisotopic (exact) mass is 266 g/mol. The van der Waals surface area contributed by atoms with Crippen LogP contribution in [0.1, 0.15) is 40.5 Å². The van der Waals surface area contributed by atoms with E-state index in [1.54, 1.807) is 0 Å². The molecule has 19 heavy (non-hydrogen) atoms. The molecule has 4 heteroatoms. The van der Waals surface area contributed by atoms with Crippen LogP contribution in [0.3, 0.4) is 0 Å². The highest BCUT2D eigenvalue weighted by atomic mass is 16.5. The third kappa shape index (κ3) is 5.39. The summed E-state index contributed by atoms with van der Waals surface area (Å²) in [4.78, 5) is 0. The van der Waals surface area contributed by atoms with E-state index in [9.17, 15) is 5.11 Å². The molecule has 1 aromatic carbocycles. The van der Waals surface area contributed by atoms with Crippen LogP contribution >= 0.6 is 0 Å². The number of ether oxygens (including phenoxy) is 1. The third-order valence-electron chi connectivity index (χ3n) is 2.84. The van der Waals surface area contributed by atoms with Gasteiger partial charge < -0.3 is 20.9 Å². The molecule has 0 aromatic heterocycles. The molecule has 0 fully saturated rings. The Morgan fingerprint density at radius 1 is 1.42 bits per heavy atom. The van der Waals surface area contributed by atoms with Gasteiger partial charge in [-0.2, -0.15) is 0 Å². The first-order valence-electron chi connectivity index (χ1n) is 6.86. The molecule has 0 aliphatic heterocycles. The van der Waals surface area contributed by atoms with Gasteiger partial charge in [0.1, 0.15) is 5.75 Å². The fraction of sp³-hybridized carbons (Fsp3) is 0.600. The number of benzene rings is 1. The molecule has 108 valence electrons. The van der Waals surface area contributed by atoms with Gasteiger partial charge in [-0.05, 0) is 39.3 Å². The summed E-state index contributed by atoms with van der Waals surface area (Å²) in [6, 6.07) is 5.58. The van der Waals surface area contributed by atoms with Crippen LogP contribution in [0.25, 0.3) is 0 Å². The molecule has 4 N–H and O–H groups in total. The number of nitrogens with two attached hydrogens (primary N) is 1. The number of aliphatic hydroxyl groups is 1. The zero-order chi connectivity index (χ0) is 14.5. The minimum atomic E-state index is -0.699. The first-order chi connectivity index (χ1) is 8.84. The van der Waals surface area contributed by atoms with E-state index in [0.29, 0.717) is 18.0 Å². The van der Waals surface area contributed by atoms with Gasteiger partial charge in [0.05, 0.1) is 17.4 Å². The lowest BCUT2D eigenvalue weighted by molar-refractivity contribution is 0.0637. The quantitative estimate of drug-likeness (QED) is 0.664. The lowest BCUT2D eigenvalue weighted by Gasteiger charge is -2.24. The molecule has 1 unspecified atom stereocenters. The Morgan fingerprint density at radius 3 is 2.68 bits per heavy atom. The van der Waals surface area contributed by atoms with Gasteiger partial charge in [0, 0.05) is 18.3 Å². The molecule has 0 saturated carbocycles. The fourth-order valence-corrected chi connectivity index (χ4v) is 1.92. The molecule has 0 aliphatic rings. The summed E-state index contributed by atoms with van der Waals surface area (Å²) < 4.78 is 5.64. The molecule has 0 bridgehead atoms. The van der Waals surface area contributed by atoms with Crippen LogP contribution in [0.15, 0.2) is 18.2 Å². The standard InChI is InChI=1S/C15H26N2O2/c1-5-8-15(4,18)10-17-12-6-7-13(16)14(9-12)19-11(2)3/h6-7,9,11,17-18H,5,8,10,16H2,1-4H3. The first kappa shape index (κ1) is 15.6. The number of anilines is 2. The summed E-state index contributed by atoms with van der Waals surface area (Å²) in [6.07, 6.45) is 1.81. The van der Waals surface area contributed by atoms with E-state index in [1.165, 1.54) is 0 Å². The Kier molecular flexibility index (Phi) is 5.48. The van der Waals surface area contributed by atoms with E-state index >= 15 is 0 Å². The summed E-state index contributed by atoms with van der Waals surface area (Å²) >= 11 is 0. The Labute approximate surface area is 116 Å². The molecule has 0 heterocycles. The van der Waals surface area contributed by atoms with Crippen molar-refractivity contribution in [2.45, 2.75) is 52.2 Å². The summed E-state index contributed by atoms with van der Waals surface area (Å²) in [5.74, 6) is 0.676. The van der Waals surface area contributed by atoms with Gasteiger partial charge in [-0.1, -0.05) is 13.3 Å². The second-order valence-corrected chi connectivity index (χ2v) is 5.52. The van der Waals surface area contributed by atoms with Crippen molar-refractivity contribution in [1.29, 1.82) is 0 Å². The van der Waals surface area contributed by atoms with Crippen molar-refractivity contribution in [3.05, 3.63) is 18.2 Å². The highest BCUT2D eigenvalue weighted by molar-refractivity contribution is 5.61. The van der Waals surface area contributed by atoms with Gasteiger partial charge in [-0.3, -0.25) is 0 Å². The molecule has 0 spiro atoms. The van der Waals surface area contributed by atoms with Crippen LogP contribution in [0.4, 0.5) is 11.4 Å². The highest BCUT2D eigenvalue weighted by Crippen LogP contribution is 2.27. The third-order valence-corrected chi connectivity index (χ3v) is 2.84. The van der Waals surface area contributed by atoms with E-state index in [0.717, 1.165) is 18.5 Å². The van der Waals surface area contributed by atoms with Crippen molar-refractivity contribution >= 4 is 11.4 Å². The van der Waals surface area contributed by atoms with Crippen LogP contribution in [-0.2, 0) is 0 Å². The second-order valence-electron chi connectivity index (χ2n) is 5.52. The molecule has 1 rings (SSSR count). The van der Waals surface area contributed by atoms with Gasteiger partial charge in [0.2, 0.25) is 0 Å². The maximum Gasteiger partial charge on any atom is 0.144 e. The summed E-state index contributed by atoms with van der Waals surface area (Å²) in [5, 5.41) is 13.4. The van der Waals surface area contributed by atoms with Gasteiger partial charge in [-0.15, -0.1) is 0 Å². The largest absolute Gasteiger partial charge is 0.489 e. The Hall–Kier alpha value is -1.42. The number of hydrogen-bond acceptors (Lipinski definition) is 4. The second kappa shape index (κ2) is 6.66. The van der Waals surface area contributed by atoms with E-state index < -0.39 is 5.60 Å². The molecule has 0 saturated heterocycles. The van der Waals surface area contributed by atoms with E-state index in [1.807, 2.05) is 39.0 Å². The molecular formula is C15H26N2O2. The van der Waals surface area contributed by atoms with Crippen LogP contribution in [0, 0.1) is 0 Å². The van der Waals surface area contributed by atoms with Crippen LogP contribution in [0.2, 0.25) is 0 Å². The van der Waals surface area contributed by atoms with Gasteiger partial charge in [0.25, 0.3) is 0 Å². The molecule has 0 amide bonds.